The summed E-state index contributed by atoms with van der Waals surface area (Å²) < 4.78 is 5.75. The standard InChI is InChI=1S/C17H17N3O2/c18-9-12(7-10-1-2-10)16(21)19-13-5-6-14-15(8-13)22-17(20-14)11-3-4-11/h5-6,8,10-12H,1-4,7H2,(H,19,21). The van der Waals surface area contributed by atoms with E-state index in [0.717, 1.165) is 37.1 Å². The lowest BCUT2D eigenvalue weighted by atomic mass is 10.0. The molecule has 2 aliphatic rings. The zero-order valence-corrected chi connectivity index (χ0v) is 12.2. The molecule has 0 radical (unpaired) electrons. The summed E-state index contributed by atoms with van der Waals surface area (Å²) in [6, 6.07) is 7.56. The number of anilines is 1. The summed E-state index contributed by atoms with van der Waals surface area (Å²) >= 11 is 0. The molecule has 22 heavy (non-hydrogen) atoms. The molecule has 5 heteroatoms. The van der Waals surface area contributed by atoms with Gasteiger partial charge >= 0.3 is 0 Å². The average molecular weight is 295 g/mol. The number of amides is 1. The Balaban J connectivity index is 1.50. The first-order valence-corrected chi connectivity index (χ1v) is 7.84. The summed E-state index contributed by atoms with van der Waals surface area (Å²) in [6.45, 7) is 0. The number of hydrogen-bond acceptors (Lipinski definition) is 4. The first-order valence-electron chi connectivity index (χ1n) is 7.84. The van der Waals surface area contributed by atoms with Crippen LogP contribution in [0.4, 0.5) is 5.69 Å². The number of benzene rings is 1. The van der Waals surface area contributed by atoms with Gasteiger partial charge in [-0.2, -0.15) is 5.26 Å². The number of oxazole rings is 1. The highest BCUT2D eigenvalue weighted by Crippen LogP contribution is 2.40. The Morgan fingerprint density at radius 2 is 2.23 bits per heavy atom. The van der Waals surface area contributed by atoms with Crippen molar-refractivity contribution in [2.75, 3.05) is 5.32 Å². The van der Waals surface area contributed by atoms with Gasteiger partial charge < -0.3 is 9.73 Å². The molecule has 0 spiro atoms. The van der Waals surface area contributed by atoms with Crippen molar-refractivity contribution < 1.29 is 9.21 Å². The van der Waals surface area contributed by atoms with E-state index in [0.29, 0.717) is 29.5 Å². The highest BCUT2D eigenvalue weighted by Gasteiger charge is 2.30. The molecule has 1 aromatic heterocycles. The summed E-state index contributed by atoms with van der Waals surface area (Å²) in [5.74, 6) is 1.01. The maximum Gasteiger partial charge on any atom is 0.241 e. The Kier molecular flexibility index (Phi) is 3.11. The van der Waals surface area contributed by atoms with Crippen LogP contribution in [0, 0.1) is 23.2 Å². The summed E-state index contributed by atoms with van der Waals surface area (Å²) in [5.41, 5.74) is 2.16. The second-order valence-corrected chi connectivity index (χ2v) is 6.36. The highest BCUT2D eigenvalue weighted by atomic mass is 16.3. The van der Waals surface area contributed by atoms with Gasteiger partial charge in [-0.1, -0.05) is 12.8 Å². The van der Waals surface area contributed by atoms with Gasteiger partial charge in [-0.25, -0.2) is 4.98 Å². The van der Waals surface area contributed by atoms with Crippen molar-refractivity contribution in [3.8, 4) is 6.07 Å². The van der Waals surface area contributed by atoms with Crippen LogP contribution >= 0.6 is 0 Å². The normalized spacial score (nSPS) is 18.9. The zero-order chi connectivity index (χ0) is 15.1. The molecule has 1 heterocycles. The van der Waals surface area contributed by atoms with Gasteiger partial charge in [-0.05, 0) is 37.3 Å². The third-order valence-corrected chi connectivity index (χ3v) is 4.34. The van der Waals surface area contributed by atoms with Crippen molar-refractivity contribution in [3.05, 3.63) is 24.1 Å². The molecular formula is C17H17N3O2. The van der Waals surface area contributed by atoms with Gasteiger partial charge in [0, 0.05) is 17.7 Å². The number of hydrogen-bond donors (Lipinski definition) is 1. The van der Waals surface area contributed by atoms with E-state index < -0.39 is 5.92 Å². The van der Waals surface area contributed by atoms with Crippen molar-refractivity contribution in [3.63, 3.8) is 0 Å². The number of rotatable bonds is 5. The maximum atomic E-state index is 12.2. The molecule has 1 aromatic carbocycles. The van der Waals surface area contributed by atoms with E-state index in [2.05, 4.69) is 16.4 Å². The number of carbonyl (C=O) groups excluding carboxylic acids is 1. The highest BCUT2D eigenvalue weighted by molar-refractivity contribution is 5.95. The molecule has 5 nitrogen and oxygen atoms in total. The van der Waals surface area contributed by atoms with E-state index in [1.54, 1.807) is 6.07 Å². The molecule has 2 aliphatic carbocycles. The lowest BCUT2D eigenvalue weighted by Gasteiger charge is -2.09. The molecule has 2 aromatic rings. The average Bonchev–Trinajstić information content (AvgIpc) is 3.42. The van der Waals surface area contributed by atoms with Crippen LogP contribution < -0.4 is 5.32 Å². The quantitative estimate of drug-likeness (QED) is 0.914. The van der Waals surface area contributed by atoms with Crippen LogP contribution in [0.25, 0.3) is 11.1 Å². The Morgan fingerprint density at radius 1 is 1.41 bits per heavy atom. The number of carbonyl (C=O) groups is 1. The van der Waals surface area contributed by atoms with Crippen molar-refractivity contribution in [1.29, 1.82) is 5.26 Å². The lowest BCUT2D eigenvalue weighted by molar-refractivity contribution is -0.118. The number of nitrogens with one attached hydrogen (secondary N) is 1. The molecule has 2 saturated carbocycles. The fourth-order valence-corrected chi connectivity index (χ4v) is 2.66. The molecule has 1 atom stereocenters. The molecule has 1 unspecified atom stereocenters. The minimum atomic E-state index is -0.569. The van der Waals surface area contributed by atoms with E-state index in [9.17, 15) is 4.79 Å². The van der Waals surface area contributed by atoms with E-state index >= 15 is 0 Å². The maximum absolute atomic E-state index is 12.2. The topological polar surface area (TPSA) is 78.9 Å². The second kappa shape index (κ2) is 5.13. The monoisotopic (exact) mass is 295 g/mol. The van der Waals surface area contributed by atoms with Gasteiger partial charge in [0.1, 0.15) is 11.4 Å². The van der Waals surface area contributed by atoms with Gasteiger partial charge in [-0.15, -0.1) is 0 Å². The Bertz CT molecular complexity index is 766. The van der Waals surface area contributed by atoms with Gasteiger partial charge in [0.2, 0.25) is 5.91 Å². The van der Waals surface area contributed by atoms with Crippen LogP contribution in [0.15, 0.2) is 22.6 Å². The van der Waals surface area contributed by atoms with Crippen LogP contribution in [0.1, 0.15) is 43.9 Å². The molecule has 0 bridgehead atoms. The smallest absolute Gasteiger partial charge is 0.241 e. The van der Waals surface area contributed by atoms with Crippen molar-refractivity contribution in [1.82, 2.24) is 4.98 Å². The molecule has 1 N–H and O–H groups in total. The molecule has 0 saturated heterocycles. The molecule has 1 amide bonds. The van der Waals surface area contributed by atoms with Gasteiger partial charge in [-0.3, -0.25) is 4.79 Å². The Labute approximate surface area is 128 Å². The van der Waals surface area contributed by atoms with Crippen molar-refractivity contribution in [2.45, 2.75) is 38.0 Å². The van der Waals surface area contributed by atoms with Gasteiger partial charge in [0.15, 0.2) is 11.5 Å². The van der Waals surface area contributed by atoms with E-state index in [-0.39, 0.29) is 5.91 Å². The zero-order valence-electron chi connectivity index (χ0n) is 12.2. The third-order valence-electron chi connectivity index (χ3n) is 4.34. The van der Waals surface area contributed by atoms with E-state index in [4.69, 9.17) is 9.68 Å². The molecular weight excluding hydrogens is 278 g/mol. The second-order valence-electron chi connectivity index (χ2n) is 6.36. The molecule has 4 rings (SSSR count). The van der Waals surface area contributed by atoms with Crippen LogP contribution in [-0.2, 0) is 4.79 Å². The summed E-state index contributed by atoms with van der Waals surface area (Å²) in [6.07, 6.45) is 5.22. The lowest BCUT2D eigenvalue weighted by Crippen LogP contribution is -2.22. The predicted molar refractivity (Wildman–Crippen MR) is 81.1 cm³/mol. The predicted octanol–water partition coefficient (Wildman–Crippen LogP) is 3.58. The summed E-state index contributed by atoms with van der Waals surface area (Å²) in [7, 11) is 0. The first kappa shape index (κ1) is 13.3. The van der Waals surface area contributed by atoms with Crippen LogP contribution in [0.5, 0.6) is 0 Å². The molecule has 112 valence electrons. The molecule has 0 aliphatic heterocycles. The Hall–Kier alpha value is -2.35. The fourth-order valence-electron chi connectivity index (χ4n) is 2.66. The van der Waals surface area contributed by atoms with Gasteiger partial charge in [0.25, 0.3) is 0 Å². The number of fused-ring (bicyclic) bond motifs is 1. The van der Waals surface area contributed by atoms with Crippen molar-refractivity contribution >= 4 is 22.7 Å². The summed E-state index contributed by atoms with van der Waals surface area (Å²) in [5, 5.41) is 12.0. The SMILES string of the molecule is N#CC(CC1CC1)C(=O)Nc1ccc2nc(C3CC3)oc2c1. The van der Waals surface area contributed by atoms with Crippen molar-refractivity contribution in [2.24, 2.45) is 11.8 Å². The minimum absolute atomic E-state index is 0.226. The number of aromatic nitrogens is 1. The van der Waals surface area contributed by atoms with E-state index in [1.807, 2.05) is 12.1 Å². The fraction of sp³-hybridized carbons (Fsp3) is 0.471. The summed E-state index contributed by atoms with van der Waals surface area (Å²) in [4.78, 5) is 16.6. The third kappa shape index (κ3) is 2.69. The van der Waals surface area contributed by atoms with Crippen LogP contribution in [0.3, 0.4) is 0 Å². The Morgan fingerprint density at radius 3 is 2.91 bits per heavy atom. The van der Waals surface area contributed by atoms with Crippen LogP contribution in [-0.4, -0.2) is 10.9 Å². The largest absolute Gasteiger partial charge is 0.440 e. The minimum Gasteiger partial charge on any atom is -0.440 e. The first-order chi connectivity index (χ1) is 10.7. The number of nitriles is 1. The molecule has 2 fully saturated rings. The van der Waals surface area contributed by atoms with Gasteiger partial charge in [0.05, 0.1) is 6.07 Å². The van der Waals surface area contributed by atoms with Crippen LogP contribution in [0.2, 0.25) is 0 Å². The number of nitrogens with zero attached hydrogens (tertiary/aromatic N) is 2. The van der Waals surface area contributed by atoms with E-state index in [1.165, 1.54) is 0 Å².